The summed E-state index contributed by atoms with van der Waals surface area (Å²) < 4.78 is 23.2. The van der Waals surface area contributed by atoms with E-state index >= 15 is 0 Å². The van der Waals surface area contributed by atoms with E-state index in [1.807, 2.05) is 6.07 Å². The molecule has 2 rings (SSSR count). The third-order valence-electron chi connectivity index (χ3n) is 3.29. The van der Waals surface area contributed by atoms with Gasteiger partial charge in [-0.3, -0.25) is 10.1 Å². The van der Waals surface area contributed by atoms with Crippen LogP contribution in [-0.4, -0.2) is 19.1 Å². The molecule has 122 valence electrons. The number of nitro benzene ring substituents is 1. The van der Waals surface area contributed by atoms with Crippen LogP contribution in [0.15, 0.2) is 36.4 Å². The summed E-state index contributed by atoms with van der Waals surface area (Å²) in [5.74, 6) is 0.0353. The quantitative estimate of drug-likeness (QED) is 0.360. The Morgan fingerprint density at radius 1 is 1.21 bits per heavy atom. The van der Waals surface area contributed by atoms with Crippen LogP contribution in [0.1, 0.15) is 11.1 Å². The van der Waals surface area contributed by atoms with Crippen LogP contribution in [0.3, 0.4) is 0 Å². The molecular weight excluding hydrogens is 315 g/mol. The first kappa shape index (κ1) is 17.0. The largest absolute Gasteiger partial charge is 0.493 e. The van der Waals surface area contributed by atoms with E-state index in [0.717, 1.165) is 0 Å². The third-order valence-corrected chi connectivity index (χ3v) is 3.29. The number of allylic oxidation sites excluding steroid dienone is 1. The number of nitro groups is 1. The first-order valence-corrected chi connectivity index (χ1v) is 6.78. The maximum atomic E-state index is 13.0. The van der Waals surface area contributed by atoms with Crippen LogP contribution in [0.4, 0.5) is 10.1 Å². The maximum Gasteiger partial charge on any atom is 0.281 e. The second kappa shape index (κ2) is 7.24. The molecular formula is C17H13FN2O4. The minimum absolute atomic E-state index is 0.0502. The van der Waals surface area contributed by atoms with Gasteiger partial charge in [0.2, 0.25) is 0 Å². The average Bonchev–Trinajstić information content (AvgIpc) is 2.60. The smallest absolute Gasteiger partial charge is 0.281 e. The molecule has 2 aromatic carbocycles. The van der Waals surface area contributed by atoms with Crippen molar-refractivity contribution in [1.82, 2.24) is 0 Å². The molecule has 0 saturated carbocycles. The van der Waals surface area contributed by atoms with Gasteiger partial charge in [-0.25, -0.2) is 4.39 Å². The fraction of sp³-hybridized carbons (Fsp3) is 0.118. The van der Waals surface area contributed by atoms with Crippen molar-refractivity contribution in [3.05, 3.63) is 63.5 Å². The monoisotopic (exact) mass is 328 g/mol. The van der Waals surface area contributed by atoms with Crippen molar-refractivity contribution in [3.8, 4) is 17.6 Å². The molecule has 0 amide bonds. The lowest BCUT2D eigenvalue weighted by atomic mass is 10.0. The highest BCUT2D eigenvalue weighted by atomic mass is 19.1. The Morgan fingerprint density at radius 3 is 2.29 bits per heavy atom. The van der Waals surface area contributed by atoms with Gasteiger partial charge in [0, 0.05) is 0 Å². The van der Waals surface area contributed by atoms with Gasteiger partial charge in [0.25, 0.3) is 5.69 Å². The summed E-state index contributed by atoms with van der Waals surface area (Å²) >= 11 is 0. The second-order valence-electron chi connectivity index (χ2n) is 4.70. The predicted octanol–water partition coefficient (Wildman–Crippen LogP) is 3.82. The van der Waals surface area contributed by atoms with Crippen LogP contribution < -0.4 is 9.47 Å². The molecule has 7 heteroatoms. The Labute approximate surface area is 137 Å². The van der Waals surface area contributed by atoms with Gasteiger partial charge in [-0.15, -0.1) is 0 Å². The molecule has 0 aliphatic rings. The Kier molecular flexibility index (Phi) is 5.12. The molecule has 24 heavy (non-hydrogen) atoms. The van der Waals surface area contributed by atoms with E-state index in [-0.39, 0.29) is 28.3 Å². The summed E-state index contributed by atoms with van der Waals surface area (Å²) in [6.45, 7) is 0. The molecule has 6 nitrogen and oxygen atoms in total. The van der Waals surface area contributed by atoms with E-state index in [4.69, 9.17) is 9.47 Å². The van der Waals surface area contributed by atoms with E-state index in [1.165, 1.54) is 56.7 Å². The van der Waals surface area contributed by atoms with E-state index in [0.29, 0.717) is 5.56 Å². The normalized spacial score (nSPS) is 10.8. The number of rotatable bonds is 5. The molecule has 0 fully saturated rings. The summed E-state index contributed by atoms with van der Waals surface area (Å²) in [4.78, 5) is 10.7. The Morgan fingerprint density at radius 2 is 1.79 bits per heavy atom. The summed E-state index contributed by atoms with van der Waals surface area (Å²) in [6, 6.07) is 9.92. The first-order valence-electron chi connectivity index (χ1n) is 6.78. The van der Waals surface area contributed by atoms with Crippen LogP contribution in [0, 0.1) is 27.3 Å². The predicted molar refractivity (Wildman–Crippen MR) is 86.1 cm³/mol. The van der Waals surface area contributed by atoms with Crippen molar-refractivity contribution in [1.29, 1.82) is 5.26 Å². The number of methoxy groups -OCH3 is 2. The van der Waals surface area contributed by atoms with Gasteiger partial charge < -0.3 is 9.47 Å². The molecule has 0 aromatic heterocycles. The van der Waals surface area contributed by atoms with Crippen molar-refractivity contribution in [2.45, 2.75) is 0 Å². The van der Waals surface area contributed by atoms with Crippen molar-refractivity contribution in [2.24, 2.45) is 0 Å². The molecule has 0 heterocycles. The van der Waals surface area contributed by atoms with Crippen molar-refractivity contribution >= 4 is 17.3 Å². The highest BCUT2D eigenvalue weighted by molar-refractivity contribution is 5.93. The van der Waals surface area contributed by atoms with Gasteiger partial charge in [-0.05, 0) is 29.8 Å². The minimum Gasteiger partial charge on any atom is -0.493 e. The standard InChI is InChI=1S/C17H13FN2O4/c1-23-16-8-14(15(20(21)22)9-17(16)24-2)12(10-19)7-11-3-5-13(18)6-4-11/h3-9H,1-2H3. The average molecular weight is 328 g/mol. The number of ether oxygens (including phenoxy) is 2. The number of benzene rings is 2. The zero-order valence-corrected chi connectivity index (χ0v) is 12.9. The highest BCUT2D eigenvalue weighted by Crippen LogP contribution is 2.38. The van der Waals surface area contributed by atoms with E-state index in [9.17, 15) is 19.8 Å². The van der Waals surface area contributed by atoms with Crippen LogP contribution in [0.2, 0.25) is 0 Å². The Balaban J connectivity index is 2.64. The summed E-state index contributed by atoms with van der Waals surface area (Å²) in [5, 5.41) is 20.7. The second-order valence-corrected chi connectivity index (χ2v) is 4.70. The van der Waals surface area contributed by atoms with Crippen molar-refractivity contribution in [3.63, 3.8) is 0 Å². The number of nitriles is 1. The summed E-state index contributed by atoms with van der Waals surface area (Å²) in [5.41, 5.74) is 0.387. The molecule has 0 bridgehead atoms. The van der Waals surface area contributed by atoms with Gasteiger partial charge in [-0.1, -0.05) is 12.1 Å². The molecule has 0 radical (unpaired) electrons. The molecule has 0 aliphatic heterocycles. The molecule has 0 unspecified atom stereocenters. The first-order chi connectivity index (χ1) is 11.5. The lowest BCUT2D eigenvalue weighted by Gasteiger charge is -2.10. The molecule has 0 N–H and O–H groups in total. The van der Waals surface area contributed by atoms with Crippen LogP contribution in [-0.2, 0) is 0 Å². The topological polar surface area (TPSA) is 85.4 Å². The third kappa shape index (κ3) is 3.50. The van der Waals surface area contributed by atoms with E-state index in [1.54, 1.807) is 0 Å². The SMILES string of the molecule is COc1cc(C(C#N)=Cc2ccc(F)cc2)c([N+](=O)[O-])cc1OC. The van der Waals surface area contributed by atoms with Gasteiger partial charge in [0.15, 0.2) is 11.5 Å². The van der Waals surface area contributed by atoms with E-state index < -0.39 is 10.7 Å². The highest BCUT2D eigenvalue weighted by Gasteiger charge is 2.22. The van der Waals surface area contributed by atoms with Gasteiger partial charge in [0.1, 0.15) is 11.9 Å². The fourth-order valence-corrected chi connectivity index (χ4v) is 2.13. The fourth-order valence-electron chi connectivity index (χ4n) is 2.13. The van der Waals surface area contributed by atoms with Crippen molar-refractivity contribution in [2.75, 3.05) is 14.2 Å². The zero-order chi connectivity index (χ0) is 17.7. The van der Waals surface area contributed by atoms with Crippen LogP contribution in [0.5, 0.6) is 11.5 Å². The molecule has 0 spiro atoms. The molecule has 0 saturated heterocycles. The number of nitrogens with zero attached hydrogens (tertiary/aromatic N) is 2. The Bertz CT molecular complexity index is 839. The minimum atomic E-state index is -0.604. The van der Waals surface area contributed by atoms with Gasteiger partial charge >= 0.3 is 0 Å². The van der Waals surface area contributed by atoms with Crippen LogP contribution in [0.25, 0.3) is 11.6 Å². The number of hydrogen-bond donors (Lipinski definition) is 0. The van der Waals surface area contributed by atoms with E-state index in [2.05, 4.69) is 0 Å². The lowest BCUT2D eigenvalue weighted by molar-refractivity contribution is -0.385. The molecule has 2 aromatic rings. The number of halogens is 1. The van der Waals surface area contributed by atoms with Crippen LogP contribution >= 0.6 is 0 Å². The Hall–Kier alpha value is -3.40. The summed E-state index contributed by atoms with van der Waals surface area (Å²) in [6.07, 6.45) is 1.44. The maximum absolute atomic E-state index is 13.0. The van der Waals surface area contributed by atoms with Crippen molar-refractivity contribution < 1.29 is 18.8 Å². The summed E-state index contributed by atoms with van der Waals surface area (Å²) in [7, 11) is 2.75. The number of hydrogen-bond acceptors (Lipinski definition) is 5. The molecule has 0 aliphatic carbocycles. The molecule has 0 atom stereocenters. The van der Waals surface area contributed by atoms with Gasteiger partial charge in [-0.2, -0.15) is 5.26 Å². The zero-order valence-electron chi connectivity index (χ0n) is 12.9. The van der Waals surface area contributed by atoms with Gasteiger partial charge in [0.05, 0.1) is 36.3 Å². The lowest BCUT2D eigenvalue weighted by Crippen LogP contribution is -1.98.